The number of fused-ring (bicyclic) bond motifs is 5. The Morgan fingerprint density at radius 1 is 1.19 bits per heavy atom. The number of aromatic amines is 1. The van der Waals surface area contributed by atoms with Crippen LogP contribution in [0.4, 0.5) is 5.95 Å². The van der Waals surface area contributed by atoms with Gasteiger partial charge in [-0.25, -0.2) is 9.97 Å². The van der Waals surface area contributed by atoms with Crippen LogP contribution in [-0.4, -0.2) is 15.0 Å². The van der Waals surface area contributed by atoms with Crippen LogP contribution in [0.3, 0.4) is 0 Å². The molecule has 4 rings (SSSR count). The van der Waals surface area contributed by atoms with Crippen LogP contribution in [0.1, 0.15) is 24.1 Å². The first kappa shape index (κ1) is 12.7. The minimum atomic E-state index is 0.316. The van der Waals surface area contributed by atoms with E-state index < -0.39 is 0 Å². The molecule has 0 spiro atoms. The van der Waals surface area contributed by atoms with E-state index in [0.717, 1.165) is 58.4 Å². The summed E-state index contributed by atoms with van der Waals surface area (Å²) < 4.78 is 0. The minimum absolute atomic E-state index is 0.316. The van der Waals surface area contributed by atoms with Gasteiger partial charge in [0, 0.05) is 33.4 Å². The lowest BCUT2D eigenvalue weighted by Gasteiger charge is -2.14. The fourth-order valence-corrected chi connectivity index (χ4v) is 3.29. The zero-order valence-corrected chi connectivity index (χ0v) is 12.2. The lowest BCUT2D eigenvalue weighted by atomic mass is 9.94. The van der Waals surface area contributed by atoms with Crippen LogP contribution in [0, 0.1) is 0 Å². The lowest BCUT2D eigenvalue weighted by molar-refractivity contribution is 0.717. The highest BCUT2D eigenvalue weighted by Gasteiger charge is 2.20. The first-order chi connectivity index (χ1) is 10.2. The molecule has 106 valence electrons. The van der Waals surface area contributed by atoms with Crippen molar-refractivity contribution in [2.24, 2.45) is 0 Å². The number of rotatable bonds is 0. The molecule has 21 heavy (non-hydrogen) atoms. The summed E-state index contributed by atoms with van der Waals surface area (Å²) in [5.41, 5.74) is 11.4. The van der Waals surface area contributed by atoms with Crippen LogP contribution in [0.5, 0.6) is 0 Å². The van der Waals surface area contributed by atoms with Crippen molar-refractivity contribution >= 4 is 28.5 Å². The monoisotopic (exact) mass is 298 g/mol. The number of H-pyrrole nitrogens is 1. The summed E-state index contributed by atoms with van der Waals surface area (Å²) in [5, 5.41) is 1.84. The fraction of sp³-hybridized carbons (Fsp3) is 0.250. The second-order valence-electron chi connectivity index (χ2n) is 5.48. The van der Waals surface area contributed by atoms with Crippen LogP contribution >= 0.6 is 11.6 Å². The maximum absolute atomic E-state index is 6.18. The molecule has 3 N–H and O–H groups in total. The first-order valence-electron chi connectivity index (χ1n) is 7.14. The van der Waals surface area contributed by atoms with Crippen molar-refractivity contribution in [1.29, 1.82) is 0 Å². The summed E-state index contributed by atoms with van der Waals surface area (Å²) in [6.45, 7) is 0. The quantitative estimate of drug-likeness (QED) is 0.664. The maximum atomic E-state index is 6.18. The second-order valence-corrected chi connectivity index (χ2v) is 5.91. The van der Waals surface area contributed by atoms with Crippen LogP contribution in [-0.2, 0) is 12.8 Å². The Balaban J connectivity index is 2.09. The summed E-state index contributed by atoms with van der Waals surface area (Å²) >= 11 is 6.18. The van der Waals surface area contributed by atoms with Gasteiger partial charge in [-0.05, 0) is 49.4 Å². The van der Waals surface area contributed by atoms with Gasteiger partial charge in [0.2, 0.25) is 5.95 Å². The van der Waals surface area contributed by atoms with E-state index in [1.807, 2.05) is 24.4 Å². The van der Waals surface area contributed by atoms with Crippen LogP contribution in [0.25, 0.3) is 22.2 Å². The molecule has 0 bridgehead atoms. The van der Waals surface area contributed by atoms with Crippen LogP contribution in [0.2, 0.25) is 5.02 Å². The number of aryl methyl sites for hydroxylation is 2. The molecule has 0 atom stereocenters. The van der Waals surface area contributed by atoms with Gasteiger partial charge in [-0.15, -0.1) is 0 Å². The average molecular weight is 299 g/mol. The summed E-state index contributed by atoms with van der Waals surface area (Å²) in [7, 11) is 0. The molecule has 0 amide bonds. The Bertz CT molecular complexity index is 838. The number of nitrogens with one attached hydrogen (secondary N) is 1. The number of nitrogens with zero attached hydrogens (tertiary/aromatic N) is 2. The third-order valence-electron chi connectivity index (χ3n) is 4.08. The topological polar surface area (TPSA) is 67.6 Å². The zero-order chi connectivity index (χ0) is 14.4. The Hall–Kier alpha value is -2.07. The number of hydrogen-bond donors (Lipinski definition) is 2. The number of aromatic nitrogens is 3. The van der Waals surface area contributed by atoms with Gasteiger partial charge in [0.25, 0.3) is 0 Å². The number of benzene rings is 1. The van der Waals surface area contributed by atoms with Crippen molar-refractivity contribution in [3.05, 3.63) is 40.7 Å². The fourth-order valence-electron chi connectivity index (χ4n) is 3.11. The zero-order valence-electron chi connectivity index (χ0n) is 11.5. The number of anilines is 1. The first-order valence-corrected chi connectivity index (χ1v) is 7.52. The Morgan fingerprint density at radius 2 is 2.05 bits per heavy atom. The Kier molecular flexibility index (Phi) is 2.86. The second kappa shape index (κ2) is 4.74. The van der Waals surface area contributed by atoms with E-state index in [-0.39, 0.29) is 0 Å². The van der Waals surface area contributed by atoms with Crippen molar-refractivity contribution in [1.82, 2.24) is 15.0 Å². The molecule has 0 saturated heterocycles. The van der Waals surface area contributed by atoms with Crippen molar-refractivity contribution in [3.63, 3.8) is 0 Å². The standard InChI is InChI=1S/C16H15ClN4/c17-10-5-6-12-11(7-10)14-13(20-12)4-2-1-3-9-8-19-16(18)21-15(9)14/h5-8,20H,1-4H2,(H2,18,19,21). The number of nitrogen functional groups attached to an aromatic ring is 1. The predicted octanol–water partition coefficient (Wildman–Crippen LogP) is 3.74. The molecular weight excluding hydrogens is 284 g/mol. The largest absolute Gasteiger partial charge is 0.368 e. The highest BCUT2D eigenvalue weighted by Crippen LogP contribution is 2.37. The molecule has 5 heteroatoms. The van der Waals surface area contributed by atoms with Gasteiger partial charge >= 0.3 is 0 Å². The van der Waals surface area contributed by atoms with Crippen LogP contribution in [0.15, 0.2) is 24.4 Å². The molecule has 0 aliphatic heterocycles. The maximum Gasteiger partial charge on any atom is 0.220 e. The van der Waals surface area contributed by atoms with Crippen molar-refractivity contribution < 1.29 is 0 Å². The molecule has 4 nitrogen and oxygen atoms in total. The number of nitrogens with two attached hydrogens (primary N) is 1. The Morgan fingerprint density at radius 3 is 2.95 bits per heavy atom. The van der Waals surface area contributed by atoms with E-state index in [9.17, 15) is 0 Å². The Labute approximate surface area is 127 Å². The highest BCUT2D eigenvalue weighted by atomic mass is 35.5. The van der Waals surface area contributed by atoms with E-state index in [1.165, 1.54) is 5.69 Å². The van der Waals surface area contributed by atoms with Gasteiger partial charge in [-0.2, -0.15) is 0 Å². The van der Waals surface area contributed by atoms with E-state index in [4.69, 9.17) is 17.3 Å². The van der Waals surface area contributed by atoms with Gasteiger partial charge in [-0.3, -0.25) is 0 Å². The van der Waals surface area contributed by atoms with Crippen molar-refractivity contribution in [3.8, 4) is 11.3 Å². The van der Waals surface area contributed by atoms with E-state index in [0.29, 0.717) is 5.95 Å². The van der Waals surface area contributed by atoms with E-state index >= 15 is 0 Å². The molecule has 1 aliphatic rings. The van der Waals surface area contributed by atoms with Crippen molar-refractivity contribution in [2.75, 3.05) is 5.73 Å². The molecule has 2 heterocycles. The lowest BCUT2D eigenvalue weighted by Crippen LogP contribution is -2.05. The summed E-state index contributed by atoms with van der Waals surface area (Å²) in [4.78, 5) is 12.2. The third kappa shape index (κ3) is 2.07. The molecular formula is C16H15ClN4. The van der Waals surface area contributed by atoms with Crippen LogP contribution < -0.4 is 5.73 Å². The van der Waals surface area contributed by atoms with Gasteiger partial charge in [-0.1, -0.05) is 11.6 Å². The molecule has 0 saturated carbocycles. The third-order valence-corrected chi connectivity index (χ3v) is 4.32. The molecule has 0 unspecified atom stereocenters. The predicted molar refractivity (Wildman–Crippen MR) is 85.4 cm³/mol. The molecule has 2 aromatic heterocycles. The summed E-state index contributed by atoms with van der Waals surface area (Å²) in [5.74, 6) is 0.316. The molecule has 1 aromatic carbocycles. The summed E-state index contributed by atoms with van der Waals surface area (Å²) in [6, 6.07) is 5.92. The molecule has 1 aliphatic carbocycles. The number of halogens is 1. The smallest absolute Gasteiger partial charge is 0.220 e. The minimum Gasteiger partial charge on any atom is -0.368 e. The van der Waals surface area contributed by atoms with Crippen molar-refractivity contribution in [2.45, 2.75) is 25.7 Å². The van der Waals surface area contributed by atoms with Gasteiger partial charge in [0.05, 0.1) is 5.69 Å². The van der Waals surface area contributed by atoms with Gasteiger partial charge < -0.3 is 10.7 Å². The molecule has 0 radical (unpaired) electrons. The summed E-state index contributed by atoms with van der Waals surface area (Å²) in [6.07, 6.45) is 6.15. The highest BCUT2D eigenvalue weighted by molar-refractivity contribution is 6.31. The van der Waals surface area contributed by atoms with Gasteiger partial charge in [0.1, 0.15) is 0 Å². The van der Waals surface area contributed by atoms with Gasteiger partial charge in [0.15, 0.2) is 0 Å². The number of hydrogen-bond acceptors (Lipinski definition) is 3. The van der Waals surface area contributed by atoms with E-state index in [1.54, 1.807) is 0 Å². The SMILES string of the molecule is Nc1ncc2c(n1)-c1c([nH]c3ccc(Cl)cc13)CCCC2. The molecule has 0 fully saturated rings. The van der Waals surface area contributed by atoms with E-state index in [2.05, 4.69) is 15.0 Å². The molecule has 3 aromatic rings. The normalized spacial score (nSPS) is 14.3. The average Bonchev–Trinajstić information content (AvgIpc) is 2.79.